The number of aryl methyl sites for hydroxylation is 1. The molecule has 0 unspecified atom stereocenters. The molecule has 0 aliphatic carbocycles. The maximum Gasteiger partial charge on any atom is 0.235 e. The Hall–Kier alpha value is -2.73. The molecule has 1 aliphatic rings. The van der Waals surface area contributed by atoms with E-state index >= 15 is 0 Å². The lowest BCUT2D eigenvalue weighted by molar-refractivity contribution is -0.125. The average molecular weight is 336 g/mol. The van der Waals surface area contributed by atoms with Crippen LogP contribution in [0.1, 0.15) is 24.1 Å². The number of hydrogen-bond acceptors (Lipinski definition) is 4. The van der Waals surface area contributed by atoms with E-state index in [9.17, 15) is 4.79 Å². The monoisotopic (exact) mass is 336 g/mol. The third-order valence-corrected chi connectivity index (χ3v) is 4.80. The van der Waals surface area contributed by atoms with Gasteiger partial charge in [0, 0.05) is 19.3 Å². The fourth-order valence-electron chi connectivity index (χ4n) is 3.43. The van der Waals surface area contributed by atoms with E-state index in [1.165, 1.54) is 0 Å². The van der Waals surface area contributed by atoms with Crippen molar-refractivity contribution in [2.75, 3.05) is 18.5 Å². The van der Waals surface area contributed by atoms with Crippen LogP contribution in [-0.2, 0) is 14.9 Å². The maximum absolute atomic E-state index is 13.2. The molecule has 3 heterocycles. The van der Waals surface area contributed by atoms with Crippen LogP contribution in [-0.4, -0.2) is 33.7 Å². The van der Waals surface area contributed by atoms with Gasteiger partial charge in [-0.15, -0.1) is 0 Å². The molecular formula is C19H20N4O2. The van der Waals surface area contributed by atoms with Crippen molar-refractivity contribution >= 4 is 17.2 Å². The standard InChI is InChI=1S/C19H20N4O2/c1-14-11-17-20-12-16(13-23(17)22-14)21-18(24)19(7-9-25-10-8-19)15-5-3-2-4-6-15/h2-6,11-13H,7-10H2,1H3,(H,21,24). The molecule has 4 rings (SSSR count). The predicted molar refractivity (Wildman–Crippen MR) is 94.5 cm³/mol. The summed E-state index contributed by atoms with van der Waals surface area (Å²) in [4.78, 5) is 17.6. The Labute approximate surface area is 145 Å². The molecule has 6 heteroatoms. The van der Waals surface area contributed by atoms with Crippen LogP contribution in [0.2, 0.25) is 0 Å². The van der Waals surface area contributed by atoms with Crippen molar-refractivity contribution in [2.45, 2.75) is 25.2 Å². The van der Waals surface area contributed by atoms with Crippen LogP contribution in [0.5, 0.6) is 0 Å². The zero-order valence-electron chi connectivity index (χ0n) is 14.1. The molecule has 0 spiro atoms. The van der Waals surface area contributed by atoms with Gasteiger partial charge in [-0.1, -0.05) is 30.3 Å². The summed E-state index contributed by atoms with van der Waals surface area (Å²) < 4.78 is 7.19. The molecule has 6 nitrogen and oxygen atoms in total. The molecule has 1 amide bonds. The van der Waals surface area contributed by atoms with Crippen LogP contribution in [0.15, 0.2) is 48.8 Å². The maximum atomic E-state index is 13.2. The van der Waals surface area contributed by atoms with Gasteiger partial charge in [0.05, 0.1) is 29.2 Å². The van der Waals surface area contributed by atoms with E-state index in [0.717, 1.165) is 16.9 Å². The number of benzene rings is 1. The molecule has 1 aromatic carbocycles. The molecule has 3 aromatic rings. The lowest BCUT2D eigenvalue weighted by Gasteiger charge is -2.36. The van der Waals surface area contributed by atoms with Crippen molar-refractivity contribution in [2.24, 2.45) is 0 Å². The summed E-state index contributed by atoms with van der Waals surface area (Å²) in [5, 5.41) is 7.39. The molecule has 1 N–H and O–H groups in total. The van der Waals surface area contributed by atoms with E-state index < -0.39 is 5.41 Å². The van der Waals surface area contributed by atoms with Crippen LogP contribution in [0.3, 0.4) is 0 Å². The largest absolute Gasteiger partial charge is 0.381 e. The second-order valence-electron chi connectivity index (χ2n) is 6.45. The van der Waals surface area contributed by atoms with Crippen molar-refractivity contribution in [1.29, 1.82) is 0 Å². The lowest BCUT2D eigenvalue weighted by atomic mass is 9.73. The fourth-order valence-corrected chi connectivity index (χ4v) is 3.43. The van der Waals surface area contributed by atoms with Crippen LogP contribution in [0.4, 0.5) is 5.69 Å². The summed E-state index contributed by atoms with van der Waals surface area (Å²) in [6.07, 6.45) is 4.80. The second-order valence-corrected chi connectivity index (χ2v) is 6.45. The Kier molecular flexibility index (Phi) is 3.97. The van der Waals surface area contributed by atoms with E-state index in [2.05, 4.69) is 15.4 Å². The van der Waals surface area contributed by atoms with Gasteiger partial charge in [0.1, 0.15) is 0 Å². The van der Waals surface area contributed by atoms with Crippen molar-refractivity contribution in [1.82, 2.24) is 14.6 Å². The minimum absolute atomic E-state index is 0.0213. The van der Waals surface area contributed by atoms with Gasteiger partial charge in [0.15, 0.2) is 5.65 Å². The summed E-state index contributed by atoms with van der Waals surface area (Å²) in [6, 6.07) is 11.8. The number of carbonyl (C=O) groups is 1. The second kappa shape index (κ2) is 6.29. The van der Waals surface area contributed by atoms with Crippen LogP contribution in [0.25, 0.3) is 5.65 Å². The Balaban J connectivity index is 1.66. The third-order valence-electron chi connectivity index (χ3n) is 4.80. The molecular weight excluding hydrogens is 316 g/mol. The minimum atomic E-state index is -0.575. The normalized spacial score (nSPS) is 16.7. The first-order chi connectivity index (χ1) is 12.2. The van der Waals surface area contributed by atoms with E-state index in [1.807, 2.05) is 43.3 Å². The molecule has 1 aliphatic heterocycles. The first-order valence-corrected chi connectivity index (χ1v) is 8.44. The Morgan fingerprint density at radius 2 is 2.00 bits per heavy atom. The number of ether oxygens (including phenoxy) is 1. The van der Waals surface area contributed by atoms with Crippen LogP contribution < -0.4 is 5.32 Å². The number of anilines is 1. The number of nitrogens with zero attached hydrogens (tertiary/aromatic N) is 3. The first-order valence-electron chi connectivity index (χ1n) is 8.44. The van der Waals surface area contributed by atoms with E-state index in [-0.39, 0.29) is 5.91 Å². The van der Waals surface area contributed by atoms with E-state index in [4.69, 9.17) is 4.74 Å². The number of amides is 1. The van der Waals surface area contributed by atoms with Crippen molar-refractivity contribution in [3.8, 4) is 0 Å². The van der Waals surface area contributed by atoms with Gasteiger partial charge < -0.3 is 10.1 Å². The number of nitrogens with one attached hydrogen (secondary N) is 1. The average Bonchev–Trinajstić information content (AvgIpc) is 3.02. The highest BCUT2D eigenvalue weighted by Crippen LogP contribution is 2.36. The molecule has 0 atom stereocenters. The van der Waals surface area contributed by atoms with Gasteiger partial charge in [-0.3, -0.25) is 4.79 Å². The summed E-state index contributed by atoms with van der Waals surface area (Å²) >= 11 is 0. The topological polar surface area (TPSA) is 68.5 Å². The molecule has 0 saturated carbocycles. The van der Waals surface area contributed by atoms with E-state index in [1.54, 1.807) is 16.9 Å². The highest BCUT2D eigenvalue weighted by atomic mass is 16.5. The number of hydrogen-bond donors (Lipinski definition) is 1. The lowest BCUT2D eigenvalue weighted by Crippen LogP contribution is -2.44. The van der Waals surface area contributed by atoms with Gasteiger partial charge in [-0.25, -0.2) is 9.50 Å². The van der Waals surface area contributed by atoms with Crippen LogP contribution in [0, 0.1) is 6.92 Å². The molecule has 1 fully saturated rings. The van der Waals surface area contributed by atoms with Gasteiger partial charge in [0.2, 0.25) is 5.91 Å². The third kappa shape index (κ3) is 2.89. The highest BCUT2D eigenvalue weighted by Gasteiger charge is 2.41. The summed E-state index contributed by atoms with van der Waals surface area (Å²) in [5.41, 5.74) is 2.75. The van der Waals surface area contributed by atoms with Crippen molar-refractivity contribution in [3.63, 3.8) is 0 Å². The summed E-state index contributed by atoms with van der Waals surface area (Å²) in [7, 11) is 0. The number of aromatic nitrogens is 3. The molecule has 128 valence electrons. The van der Waals surface area contributed by atoms with Gasteiger partial charge in [-0.05, 0) is 25.3 Å². The van der Waals surface area contributed by atoms with Gasteiger partial charge in [-0.2, -0.15) is 5.10 Å². The quantitative estimate of drug-likeness (QED) is 0.798. The molecule has 0 radical (unpaired) electrons. The Morgan fingerprint density at radius 3 is 2.76 bits per heavy atom. The molecule has 0 bridgehead atoms. The summed E-state index contributed by atoms with van der Waals surface area (Å²) in [6.45, 7) is 3.08. The number of rotatable bonds is 3. The number of fused-ring (bicyclic) bond motifs is 1. The zero-order valence-corrected chi connectivity index (χ0v) is 14.1. The summed E-state index contributed by atoms with van der Waals surface area (Å²) in [5.74, 6) is -0.0213. The molecule has 1 saturated heterocycles. The van der Waals surface area contributed by atoms with Crippen LogP contribution >= 0.6 is 0 Å². The predicted octanol–water partition coefficient (Wildman–Crippen LogP) is 2.72. The minimum Gasteiger partial charge on any atom is -0.381 e. The van der Waals surface area contributed by atoms with E-state index in [0.29, 0.717) is 31.7 Å². The Morgan fingerprint density at radius 1 is 1.24 bits per heavy atom. The smallest absolute Gasteiger partial charge is 0.235 e. The van der Waals surface area contributed by atoms with Crippen molar-refractivity contribution < 1.29 is 9.53 Å². The number of carbonyl (C=O) groups excluding carboxylic acids is 1. The molecule has 2 aromatic heterocycles. The molecule has 25 heavy (non-hydrogen) atoms. The first kappa shape index (κ1) is 15.8. The van der Waals surface area contributed by atoms with Gasteiger partial charge >= 0.3 is 0 Å². The van der Waals surface area contributed by atoms with Gasteiger partial charge in [0.25, 0.3) is 0 Å². The highest BCUT2D eigenvalue weighted by molar-refractivity contribution is 5.99. The zero-order chi connectivity index (χ0) is 17.3. The van der Waals surface area contributed by atoms with Crippen molar-refractivity contribution in [3.05, 3.63) is 60.0 Å². The fraction of sp³-hybridized carbons (Fsp3) is 0.316. The SMILES string of the molecule is Cc1cc2ncc(NC(=O)C3(c4ccccc4)CCOCC3)cn2n1. The Bertz CT molecular complexity index is 898.